The number of fused-ring (bicyclic) bond motifs is 1. The molecule has 2 atom stereocenters. The summed E-state index contributed by atoms with van der Waals surface area (Å²) in [6, 6.07) is 7.72. The number of ether oxygens (including phenoxy) is 1. The number of benzene rings is 1. The molecule has 1 aromatic carbocycles. The topological polar surface area (TPSA) is 44.4 Å². The lowest BCUT2D eigenvalue weighted by atomic mass is 10.0. The minimum Gasteiger partial charge on any atom is -0.378 e. The highest BCUT2D eigenvalue weighted by Crippen LogP contribution is 2.26. The van der Waals surface area contributed by atoms with Gasteiger partial charge >= 0.3 is 0 Å². The Balaban J connectivity index is 1.44. The SMILES string of the molecule is CCC[C@H]1COC[C@H]2CN(Cc3cn[nH]c3-c3cccc(F)c3)CCN12. The Morgan fingerprint density at radius 3 is 3.08 bits per heavy atom. The van der Waals surface area contributed by atoms with E-state index >= 15 is 0 Å². The largest absolute Gasteiger partial charge is 0.378 e. The van der Waals surface area contributed by atoms with Crippen LogP contribution in [0.15, 0.2) is 30.5 Å². The molecular formula is C20H27FN4O. The second-order valence-corrected chi connectivity index (χ2v) is 7.39. The molecule has 2 fully saturated rings. The maximum absolute atomic E-state index is 13.6. The molecule has 0 bridgehead atoms. The molecule has 0 spiro atoms. The summed E-state index contributed by atoms with van der Waals surface area (Å²) in [6.45, 7) is 7.90. The lowest BCUT2D eigenvalue weighted by Crippen LogP contribution is -2.61. The molecule has 2 aromatic rings. The first-order valence-corrected chi connectivity index (χ1v) is 9.58. The summed E-state index contributed by atoms with van der Waals surface area (Å²) in [5, 5.41) is 7.24. The number of hydrogen-bond acceptors (Lipinski definition) is 4. The summed E-state index contributed by atoms with van der Waals surface area (Å²) >= 11 is 0. The minimum absolute atomic E-state index is 0.224. The average molecular weight is 358 g/mol. The molecule has 2 aliphatic heterocycles. The van der Waals surface area contributed by atoms with E-state index in [1.165, 1.54) is 18.9 Å². The van der Waals surface area contributed by atoms with Gasteiger partial charge in [0.2, 0.25) is 0 Å². The average Bonchev–Trinajstić information content (AvgIpc) is 3.10. The summed E-state index contributed by atoms with van der Waals surface area (Å²) in [7, 11) is 0. The quantitative estimate of drug-likeness (QED) is 0.893. The number of nitrogens with zero attached hydrogens (tertiary/aromatic N) is 3. The number of hydrogen-bond donors (Lipinski definition) is 1. The van der Waals surface area contributed by atoms with E-state index in [0.29, 0.717) is 12.1 Å². The second kappa shape index (κ2) is 7.86. The molecule has 140 valence electrons. The number of aromatic nitrogens is 2. The molecule has 2 saturated heterocycles. The highest BCUT2D eigenvalue weighted by atomic mass is 19.1. The molecule has 26 heavy (non-hydrogen) atoms. The van der Waals surface area contributed by atoms with Gasteiger partial charge in [0.1, 0.15) is 5.82 Å². The van der Waals surface area contributed by atoms with Gasteiger partial charge in [-0.2, -0.15) is 5.10 Å². The van der Waals surface area contributed by atoms with Crippen LogP contribution in [0, 0.1) is 5.82 Å². The van der Waals surface area contributed by atoms with E-state index in [1.54, 1.807) is 12.1 Å². The van der Waals surface area contributed by atoms with Crippen LogP contribution in [-0.4, -0.2) is 64.9 Å². The molecular weight excluding hydrogens is 331 g/mol. The first-order valence-electron chi connectivity index (χ1n) is 9.58. The Kier molecular flexibility index (Phi) is 5.33. The van der Waals surface area contributed by atoms with Crippen molar-refractivity contribution in [2.75, 3.05) is 32.8 Å². The van der Waals surface area contributed by atoms with Gasteiger partial charge in [-0.15, -0.1) is 0 Å². The van der Waals surface area contributed by atoms with E-state index < -0.39 is 0 Å². The van der Waals surface area contributed by atoms with E-state index in [-0.39, 0.29) is 5.82 Å². The molecule has 1 aromatic heterocycles. The molecule has 6 heteroatoms. The van der Waals surface area contributed by atoms with Crippen molar-refractivity contribution in [3.8, 4) is 11.3 Å². The first-order chi connectivity index (χ1) is 12.7. The van der Waals surface area contributed by atoms with Crippen LogP contribution in [0.2, 0.25) is 0 Å². The summed E-state index contributed by atoms with van der Waals surface area (Å²) in [6.07, 6.45) is 4.28. The summed E-state index contributed by atoms with van der Waals surface area (Å²) in [5.41, 5.74) is 2.88. The highest BCUT2D eigenvalue weighted by molar-refractivity contribution is 5.62. The Hall–Kier alpha value is -1.76. The molecule has 5 nitrogen and oxygen atoms in total. The van der Waals surface area contributed by atoms with Crippen molar-refractivity contribution < 1.29 is 9.13 Å². The zero-order chi connectivity index (χ0) is 17.9. The van der Waals surface area contributed by atoms with Gasteiger partial charge in [0.25, 0.3) is 0 Å². The predicted molar refractivity (Wildman–Crippen MR) is 99.3 cm³/mol. The maximum Gasteiger partial charge on any atom is 0.123 e. The van der Waals surface area contributed by atoms with Gasteiger partial charge in [-0.3, -0.25) is 14.9 Å². The van der Waals surface area contributed by atoms with Crippen molar-refractivity contribution >= 4 is 0 Å². The van der Waals surface area contributed by atoms with E-state index in [4.69, 9.17) is 4.74 Å². The normalized spacial score (nSPS) is 24.5. The van der Waals surface area contributed by atoms with Crippen LogP contribution in [0.4, 0.5) is 4.39 Å². The van der Waals surface area contributed by atoms with E-state index in [2.05, 4.69) is 26.9 Å². The Bertz CT molecular complexity index is 732. The highest BCUT2D eigenvalue weighted by Gasteiger charge is 2.35. The van der Waals surface area contributed by atoms with Crippen LogP contribution in [0.5, 0.6) is 0 Å². The fourth-order valence-electron chi connectivity index (χ4n) is 4.29. The van der Waals surface area contributed by atoms with Gasteiger partial charge in [0.15, 0.2) is 0 Å². The third kappa shape index (κ3) is 3.68. The van der Waals surface area contributed by atoms with Gasteiger partial charge < -0.3 is 4.74 Å². The number of H-pyrrole nitrogens is 1. The fraction of sp³-hybridized carbons (Fsp3) is 0.550. The van der Waals surface area contributed by atoms with Crippen LogP contribution in [0.25, 0.3) is 11.3 Å². The molecule has 0 aliphatic carbocycles. The smallest absolute Gasteiger partial charge is 0.123 e. The summed E-state index contributed by atoms with van der Waals surface area (Å²) < 4.78 is 19.4. The molecule has 1 N–H and O–H groups in total. The molecule has 2 aliphatic rings. The van der Waals surface area contributed by atoms with E-state index in [9.17, 15) is 4.39 Å². The van der Waals surface area contributed by atoms with Gasteiger partial charge in [-0.25, -0.2) is 4.39 Å². The van der Waals surface area contributed by atoms with Crippen LogP contribution >= 0.6 is 0 Å². The summed E-state index contributed by atoms with van der Waals surface area (Å²) in [5.74, 6) is -0.224. The van der Waals surface area contributed by atoms with Gasteiger partial charge in [-0.1, -0.05) is 25.5 Å². The van der Waals surface area contributed by atoms with Crippen molar-refractivity contribution in [2.45, 2.75) is 38.4 Å². The Morgan fingerprint density at radius 1 is 1.31 bits per heavy atom. The van der Waals surface area contributed by atoms with E-state index in [0.717, 1.165) is 56.2 Å². The molecule has 0 radical (unpaired) electrons. The number of morpholine rings is 1. The lowest BCUT2D eigenvalue weighted by molar-refractivity contribution is -0.0840. The Morgan fingerprint density at radius 2 is 2.23 bits per heavy atom. The summed E-state index contributed by atoms with van der Waals surface area (Å²) in [4.78, 5) is 5.11. The van der Waals surface area contributed by atoms with Crippen molar-refractivity contribution in [3.63, 3.8) is 0 Å². The first kappa shape index (κ1) is 17.6. The van der Waals surface area contributed by atoms with Crippen molar-refractivity contribution in [1.29, 1.82) is 0 Å². The van der Waals surface area contributed by atoms with E-state index in [1.807, 2.05) is 12.3 Å². The lowest BCUT2D eigenvalue weighted by Gasteiger charge is -2.48. The van der Waals surface area contributed by atoms with Gasteiger partial charge in [0, 0.05) is 49.4 Å². The number of piperazine rings is 1. The van der Waals surface area contributed by atoms with Crippen LogP contribution < -0.4 is 0 Å². The zero-order valence-electron chi connectivity index (χ0n) is 15.3. The Labute approximate surface area is 154 Å². The van der Waals surface area contributed by atoms with Gasteiger partial charge in [0.05, 0.1) is 25.1 Å². The molecule has 0 saturated carbocycles. The molecule has 0 unspecified atom stereocenters. The van der Waals surface area contributed by atoms with Crippen molar-refractivity contribution in [2.24, 2.45) is 0 Å². The number of rotatable bonds is 5. The van der Waals surface area contributed by atoms with Crippen molar-refractivity contribution in [3.05, 3.63) is 41.8 Å². The third-order valence-electron chi connectivity index (χ3n) is 5.55. The molecule has 3 heterocycles. The van der Waals surface area contributed by atoms with Crippen LogP contribution in [0.3, 0.4) is 0 Å². The predicted octanol–water partition coefficient (Wildman–Crippen LogP) is 2.90. The number of aromatic amines is 1. The zero-order valence-corrected chi connectivity index (χ0v) is 15.3. The van der Waals surface area contributed by atoms with Crippen LogP contribution in [-0.2, 0) is 11.3 Å². The molecule has 4 rings (SSSR count). The monoisotopic (exact) mass is 358 g/mol. The number of nitrogens with one attached hydrogen (secondary N) is 1. The third-order valence-corrected chi connectivity index (χ3v) is 5.55. The second-order valence-electron chi connectivity index (χ2n) is 7.39. The fourth-order valence-corrected chi connectivity index (χ4v) is 4.29. The maximum atomic E-state index is 13.6. The number of halogens is 1. The van der Waals surface area contributed by atoms with Crippen LogP contribution in [0.1, 0.15) is 25.3 Å². The molecule has 0 amide bonds. The minimum atomic E-state index is -0.224. The van der Waals surface area contributed by atoms with Crippen molar-refractivity contribution in [1.82, 2.24) is 20.0 Å². The van der Waals surface area contributed by atoms with Gasteiger partial charge in [-0.05, 0) is 18.6 Å². The standard InChI is InChI=1S/C20H27FN4O/c1-2-4-18-13-26-14-19-12-24(7-8-25(18)19)11-16-10-22-23-20(16)15-5-3-6-17(21)9-15/h3,5-6,9-10,18-19H,2,4,7-8,11-14H2,1H3,(H,22,23)/t18-,19+/m0/s1.